The Morgan fingerprint density at radius 1 is 1.10 bits per heavy atom. The minimum Gasteiger partial charge on any atom is -0.497 e. The number of ether oxygens (including phenoxy) is 2. The molecule has 3 aromatic carbocycles. The molecule has 0 fully saturated rings. The first kappa shape index (κ1) is 18.9. The largest absolute Gasteiger partial charge is 0.497 e. The first-order chi connectivity index (χ1) is 14.6. The molecule has 0 saturated heterocycles. The smallest absolute Gasteiger partial charge is 0.251 e. The second-order valence-electron chi connectivity index (χ2n) is 7.26. The molecule has 5 rings (SSSR count). The number of carbonyl (C=O) groups is 1. The van der Waals surface area contributed by atoms with Gasteiger partial charge in [-0.1, -0.05) is 46.3 Å². The summed E-state index contributed by atoms with van der Waals surface area (Å²) in [5, 5.41) is 6.65. The van der Waals surface area contributed by atoms with E-state index in [1.807, 2.05) is 77.8 Å². The second kappa shape index (κ2) is 7.61. The SMILES string of the molecule is COc1ccc(C2=NN3[C@@H](C(=O)c4ccccc4)Oc4ccc(Br)cc4[C@H]3C2)cc1. The van der Waals surface area contributed by atoms with Crippen LogP contribution < -0.4 is 9.47 Å². The van der Waals surface area contributed by atoms with Crippen LogP contribution in [0.5, 0.6) is 11.5 Å². The number of fused-ring (bicyclic) bond motifs is 3. The van der Waals surface area contributed by atoms with E-state index in [0.717, 1.165) is 32.8 Å². The Labute approximate surface area is 183 Å². The van der Waals surface area contributed by atoms with Crippen molar-refractivity contribution in [1.29, 1.82) is 0 Å². The van der Waals surface area contributed by atoms with Crippen molar-refractivity contribution in [2.45, 2.75) is 18.7 Å². The lowest BCUT2D eigenvalue weighted by atomic mass is 9.96. The van der Waals surface area contributed by atoms with Gasteiger partial charge in [0.25, 0.3) is 6.23 Å². The van der Waals surface area contributed by atoms with Crippen molar-refractivity contribution in [2.24, 2.45) is 5.10 Å². The average molecular weight is 463 g/mol. The maximum Gasteiger partial charge on any atom is 0.251 e. The van der Waals surface area contributed by atoms with Crippen molar-refractivity contribution in [1.82, 2.24) is 5.01 Å². The van der Waals surface area contributed by atoms with Gasteiger partial charge in [0, 0.05) is 22.0 Å². The van der Waals surface area contributed by atoms with Gasteiger partial charge in [-0.3, -0.25) is 4.79 Å². The highest BCUT2D eigenvalue weighted by Gasteiger charge is 2.43. The molecule has 0 amide bonds. The van der Waals surface area contributed by atoms with Gasteiger partial charge in [-0.05, 0) is 48.0 Å². The number of nitrogens with zero attached hydrogens (tertiary/aromatic N) is 2. The molecule has 0 spiro atoms. The lowest BCUT2D eigenvalue weighted by Crippen LogP contribution is -2.45. The van der Waals surface area contributed by atoms with E-state index in [2.05, 4.69) is 15.9 Å². The van der Waals surface area contributed by atoms with E-state index in [9.17, 15) is 4.79 Å². The van der Waals surface area contributed by atoms with Gasteiger partial charge in [-0.2, -0.15) is 5.10 Å². The predicted octanol–water partition coefficient (Wildman–Crippen LogP) is 5.21. The van der Waals surface area contributed by atoms with Crippen LogP contribution in [0.3, 0.4) is 0 Å². The number of halogens is 1. The molecule has 2 aliphatic rings. The van der Waals surface area contributed by atoms with Gasteiger partial charge in [0.05, 0.1) is 18.9 Å². The molecule has 30 heavy (non-hydrogen) atoms. The van der Waals surface area contributed by atoms with E-state index in [1.54, 1.807) is 7.11 Å². The summed E-state index contributed by atoms with van der Waals surface area (Å²) in [6, 6.07) is 22.9. The van der Waals surface area contributed by atoms with E-state index in [1.165, 1.54) is 0 Å². The van der Waals surface area contributed by atoms with Crippen LogP contribution in [0.1, 0.15) is 33.9 Å². The number of methoxy groups -OCH3 is 1. The average Bonchev–Trinajstić information content (AvgIpc) is 3.24. The first-order valence-corrected chi connectivity index (χ1v) is 10.5. The van der Waals surface area contributed by atoms with Crippen LogP contribution in [0.25, 0.3) is 0 Å². The molecule has 6 heteroatoms. The molecule has 2 aliphatic heterocycles. The third kappa shape index (κ3) is 3.27. The van der Waals surface area contributed by atoms with Gasteiger partial charge < -0.3 is 9.47 Å². The lowest BCUT2D eigenvalue weighted by molar-refractivity contribution is -0.00459. The van der Waals surface area contributed by atoms with Crippen LogP contribution in [0.2, 0.25) is 0 Å². The van der Waals surface area contributed by atoms with Gasteiger partial charge in [0.2, 0.25) is 5.78 Å². The van der Waals surface area contributed by atoms with Gasteiger partial charge in [-0.15, -0.1) is 0 Å². The first-order valence-electron chi connectivity index (χ1n) is 9.69. The van der Waals surface area contributed by atoms with E-state index in [4.69, 9.17) is 14.6 Å². The highest BCUT2D eigenvalue weighted by molar-refractivity contribution is 9.10. The van der Waals surface area contributed by atoms with Crippen molar-refractivity contribution in [3.63, 3.8) is 0 Å². The molecular formula is C24H19BrN2O3. The molecule has 0 aliphatic carbocycles. The van der Waals surface area contributed by atoms with Crippen molar-refractivity contribution in [3.05, 3.63) is 94.0 Å². The zero-order chi connectivity index (χ0) is 20.7. The molecule has 0 bridgehead atoms. The number of hydrazone groups is 1. The fourth-order valence-electron chi connectivity index (χ4n) is 3.93. The third-order valence-corrected chi connectivity index (χ3v) is 5.95. The summed E-state index contributed by atoms with van der Waals surface area (Å²) in [5.74, 6) is 1.42. The molecule has 0 saturated carbocycles. The van der Waals surface area contributed by atoms with Crippen LogP contribution in [-0.4, -0.2) is 29.8 Å². The summed E-state index contributed by atoms with van der Waals surface area (Å²) in [7, 11) is 1.65. The van der Waals surface area contributed by atoms with E-state index >= 15 is 0 Å². The third-order valence-electron chi connectivity index (χ3n) is 5.46. The molecule has 3 aromatic rings. The standard InChI is InChI=1S/C24H19BrN2O3/c1-29-18-10-7-15(8-11-18)20-14-21-19-13-17(25)9-12-22(19)30-24(27(21)26-20)23(28)16-5-3-2-4-6-16/h2-13,21,24H,14H2,1H3/t21-,24-/m1/s1. The summed E-state index contributed by atoms with van der Waals surface area (Å²) in [6.07, 6.45) is -0.112. The highest BCUT2D eigenvalue weighted by atomic mass is 79.9. The van der Waals surface area contributed by atoms with Gasteiger partial charge in [-0.25, -0.2) is 5.01 Å². The topological polar surface area (TPSA) is 51.1 Å². The lowest BCUT2D eigenvalue weighted by Gasteiger charge is -2.37. The number of benzene rings is 3. The number of ketones is 1. The highest BCUT2D eigenvalue weighted by Crippen LogP contribution is 2.44. The minimum atomic E-state index is -0.804. The van der Waals surface area contributed by atoms with Gasteiger partial charge in [0.15, 0.2) is 0 Å². The number of hydrogen-bond acceptors (Lipinski definition) is 5. The maximum absolute atomic E-state index is 13.3. The number of Topliss-reactive ketones (excluding diaryl/α,β-unsaturated/α-hetero) is 1. The van der Waals surface area contributed by atoms with Crippen LogP contribution >= 0.6 is 15.9 Å². The van der Waals surface area contributed by atoms with E-state index < -0.39 is 6.23 Å². The summed E-state index contributed by atoms with van der Waals surface area (Å²) >= 11 is 3.55. The fraction of sp³-hybridized carbons (Fsp3) is 0.167. The molecule has 5 nitrogen and oxygen atoms in total. The molecule has 150 valence electrons. The van der Waals surface area contributed by atoms with Crippen molar-refractivity contribution in [3.8, 4) is 11.5 Å². The molecule has 2 heterocycles. The molecule has 0 N–H and O–H groups in total. The molecule has 0 radical (unpaired) electrons. The maximum atomic E-state index is 13.3. The summed E-state index contributed by atoms with van der Waals surface area (Å²) in [6.45, 7) is 0. The zero-order valence-electron chi connectivity index (χ0n) is 16.3. The molecule has 0 aromatic heterocycles. The summed E-state index contributed by atoms with van der Waals surface area (Å²) in [5.41, 5.74) is 3.56. The van der Waals surface area contributed by atoms with Gasteiger partial charge >= 0.3 is 0 Å². The number of rotatable bonds is 4. The van der Waals surface area contributed by atoms with Crippen LogP contribution in [0.15, 0.2) is 82.4 Å². The van der Waals surface area contributed by atoms with Crippen LogP contribution in [0, 0.1) is 0 Å². The Bertz CT molecular complexity index is 1130. The Hall–Kier alpha value is -3.12. The number of carbonyl (C=O) groups excluding carboxylic acids is 1. The van der Waals surface area contributed by atoms with Crippen molar-refractivity contribution in [2.75, 3.05) is 7.11 Å². The fourth-order valence-corrected chi connectivity index (χ4v) is 4.31. The van der Waals surface area contributed by atoms with Crippen molar-refractivity contribution >= 4 is 27.4 Å². The monoisotopic (exact) mass is 462 g/mol. The Kier molecular flexibility index (Phi) is 4.79. The van der Waals surface area contributed by atoms with E-state index in [0.29, 0.717) is 12.0 Å². The summed E-state index contributed by atoms with van der Waals surface area (Å²) in [4.78, 5) is 13.3. The normalized spacial score (nSPS) is 19.4. The Balaban J connectivity index is 1.56. The second-order valence-corrected chi connectivity index (χ2v) is 8.17. The number of hydrogen-bond donors (Lipinski definition) is 0. The van der Waals surface area contributed by atoms with Crippen molar-refractivity contribution < 1.29 is 14.3 Å². The minimum absolute atomic E-state index is 0.0685. The molecule has 2 atom stereocenters. The van der Waals surface area contributed by atoms with Gasteiger partial charge in [0.1, 0.15) is 11.5 Å². The zero-order valence-corrected chi connectivity index (χ0v) is 17.9. The Morgan fingerprint density at radius 3 is 2.60 bits per heavy atom. The van der Waals surface area contributed by atoms with Crippen LogP contribution in [-0.2, 0) is 0 Å². The predicted molar refractivity (Wildman–Crippen MR) is 118 cm³/mol. The van der Waals surface area contributed by atoms with E-state index in [-0.39, 0.29) is 11.8 Å². The quantitative estimate of drug-likeness (QED) is 0.499. The van der Waals surface area contributed by atoms with Crippen LogP contribution in [0.4, 0.5) is 0 Å². The molecule has 0 unspecified atom stereocenters. The Morgan fingerprint density at radius 2 is 1.87 bits per heavy atom. The summed E-state index contributed by atoms with van der Waals surface area (Å²) < 4.78 is 12.4. The molecular weight excluding hydrogens is 444 g/mol.